The van der Waals surface area contributed by atoms with Gasteiger partial charge in [0.25, 0.3) is 0 Å². The van der Waals surface area contributed by atoms with Crippen LogP contribution in [0.4, 0.5) is 0 Å². The molecule has 0 amide bonds. The van der Waals surface area contributed by atoms with Crippen molar-refractivity contribution < 1.29 is 0 Å². The Morgan fingerprint density at radius 3 is 1.46 bits per heavy atom. The van der Waals surface area contributed by atoms with E-state index in [1.807, 2.05) is 54.6 Å². The molecule has 2 heterocycles. The quantitative estimate of drug-likeness (QED) is 0.274. The summed E-state index contributed by atoms with van der Waals surface area (Å²) in [5, 5.41) is 3.02. The van der Waals surface area contributed by atoms with Gasteiger partial charge in [-0.25, -0.2) is 0 Å². The number of hydrogen-bond acceptors (Lipinski definition) is 2. The molecule has 0 bridgehead atoms. The van der Waals surface area contributed by atoms with Crippen LogP contribution in [0, 0.1) is 0 Å². The van der Waals surface area contributed by atoms with E-state index in [2.05, 4.69) is 6.07 Å². The van der Waals surface area contributed by atoms with Crippen molar-refractivity contribution in [2.24, 2.45) is 0 Å². The van der Waals surface area contributed by atoms with Crippen LogP contribution in [0.15, 0.2) is 70.3 Å². The van der Waals surface area contributed by atoms with E-state index in [1.54, 1.807) is 0 Å². The third-order valence-electron chi connectivity index (χ3n) is 4.27. The molecule has 0 saturated carbocycles. The molecule has 0 spiro atoms. The Labute approximate surface area is 148 Å². The Hall–Kier alpha value is -1.96. The summed E-state index contributed by atoms with van der Waals surface area (Å²) >= 11 is 0.232. The summed E-state index contributed by atoms with van der Waals surface area (Å²) in [5.74, 6) is 0. The molecule has 114 valence electrons. The number of benzene rings is 3. The van der Waals surface area contributed by atoms with Gasteiger partial charge in [0.2, 0.25) is 0 Å². The fourth-order valence-electron chi connectivity index (χ4n) is 3.10. The molecule has 0 aliphatic rings. The third-order valence-corrected chi connectivity index (χ3v) is 9.03. The van der Waals surface area contributed by atoms with Crippen molar-refractivity contribution >= 4 is 67.6 Å². The van der Waals surface area contributed by atoms with E-state index in [0.717, 1.165) is 38.6 Å². The summed E-state index contributed by atoms with van der Waals surface area (Å²) in [4.78, 5) is 25.7. The van der Waals surface area contributed by atoms with Gasteiger partial charge in [-0.1, -0.05) is 0 Å². The molecule has 0 unspecified atom stereocenters. The zero-order chi connectivity index (χ0) is 16.3. The molecule has 5 aromatic rings. The first-order valence-electron chi connectivity index (χ1n) is 7.53. The van der Waals surface area contributed by atoms with E-state index in [1.165, 1.54) is 0 Å². The second-order valence-corrected chi connectivity index (χ2v) is 10.2. The first-order chi connectivity index (χ1) is 11.7. The Morgan fingerprint density at radius 2 is 0.958 bits per heavy atom. The van der Waals surface area contributed by atoms with Crippen LogP contribution in [0.1, 0.15) is 0 Å². The van der Waals surface area contributed by atoms with Gasteiger partial charge in [0.15, 0.2) is 0 Å². The van der Waals surface area contributed by atoms with E-state index >= 15 is 0 Å². The van der Waals surface area contributed by atoms with E-state index in [0.29, 0.717) is 0 Å². The molecule has 5 rings (SSSR count). The predicted octanol–water partition coefficient (Wildman–Crippen LogP) is 3.13. The van der Waals surface area contributed by atoms with Crippen molar-refractivity contribution in [3.8, 4) is 0 Å². The molecule has 0 fully saturated rings. The molecular formula is C20H10O2Se2. The number of rotatable bonds is 0. The van der Waals surface area contributed by atoms with E-state index in [4.69, 9.17) is 0 Å². The van der Waals surface area contributed by atoms with Crippen LogP contribution in [-0.2, 0) is 0 Å². The van der Waals surface area contributed by atoms with E-state index in [-0.39, 0.29) is 39.9 Å². The minimum atomic E-state index is 0.0516. The van der Waals surface area contributed by atoms with Crippen molar-refractivity contribution in [1.29, 1.82) is 0 Å². The Morgan fingerprint density at radius 1 is 0.500 bits per heavy atom. The number of hydrogen-bond donors (Lipinski definition) is 0. The molecule has 4 heteroatoms. The first kappa shape index (κ1) is 14.4. The Balaban J connectivity index is 2.05. The van der Waals surface area contributed by atoms with Gasteiger partial charge in [-0.05, 0) is 0 Å². The topological polar surface area (TPSA) is 34.1 Å². The minimum absolute atomic E-state index is 0.0516. The van der Waals surface area contributed by atoms with Gasteiger partial charge in [-0.15, -0.1) is 0 Å². The zero-order valence-electron chi connectivity index (χ0n) is 12.4. The summed E-state index contributed by atoms with van der Waals surface area (Å²) in [6.45, 7) is 0. The van der Waals surface area contributed by atoms with Crippen LogP contribution < -0.4 is 10.9 Å². The molecule has 24 heavy (non-hydrogen) atoms. The van der Waals surface area contributed by atoms with E-state index < -0.39 is 0 Å². The summed E-state index contributed by atoms with van der Waals surface area (Å²) in [6, 6.07) is 19.6. The summed E-state index contributed by atoms with van der Waals surface area (Å²) in [5.41, 5.74) is 0.103. The molecule has 2 nitrogen and oxygen atoms in total. The maximum atomic E-state index is 12.8. The monoisotopic (exact) mass is 442 g/mol. The van der Waals surface area contributed by atoms with Gasteiger partial charge < -0.3 is 0 Å². The van der Waals surface area contributed by atoms with Gasteiger partial charge in [0, 0.05) is 0 Å². The zero-order valence-corrected chi connectivity index (χ0v) is 15.8. The fraction of sp³-hybridized carbons (Fsp3) is 0. The summed E-state index contributed by atoms with van der Waals surface area (Å²) < 4.78 is 4.49. The van der Waals surface area contributed by atoms with Crippen molar-refractivity contribution in [3.63, 3.8) is 0 Å². The van der Waals surface area contributed by atoms with Crippen molar-refractivity contribution in [2.75, 3.05) is 0 Å². The van der Waals surface area contributed by atoms with Gasteiger partial charge in [-0.2, -0.15) is 0 Å². The fourth-order valence-corrected chi connectivity index (χ4v) is 8.06. The molecule has 2 aromatic heterocycles. The van der Waals surface area contributed by atoms with Gasteiger partial charge >= 0.3 is 149 Å². The molecular weight excluding hydrogens is 430 g/mol. The number of fused-ring (bicyclic) bond motifs is 4. The van der Waals surface area contributed by atoms with Crippen LogP contribution in [-0.4, -0.2) is 29.0 Å². The van der Waals surface area contributed by atoms with Crippen molar-refractivity contribution in [2.45, 2.75) is 0 Å². The van der Waals surface area contributed by atoms with Crippen LogP contribution in [0.3, 0.4) is 0 Å². The molecule has 3 aromatic carbocycles. The van der Waals surface area contributed by atoms with Gasteiger partial charge in [0.05, 0.1) is 0 Å². The SMILES string of the molecule is O=c1c2ccccc2[se]c2cc3[se]c4ccccc4c(=O)c3cc12. The molecule has 0 saturated heterocycles. The normalized spacial score (nSPS) is 11.7. The summed E-state index contributed by atoms with van der Waals surface area (Å²) in [7, 11) is 0. The molecule has 0 N–H and O–H groups in total. The van der Waals surface area contributed by atoms with Crippen LogP contribution >= 0.6 is 0 Å². The molecule has 0 atom stereocenters. The maximum absolute atomic E-state index is 12.8. The second-order valence-electron chi connectivity index (χ2n) is 5.70. The average molecular weight is 440 g/mol. The molecule has 0 aliphatic carbocycles. The molecule has 0 radical (unpaired) electrons. The Bertz CT molecular complexity index is 1290. The average Bonchev–Trinajstić information content (AvgIpc) is 2.61. The van der Waals surface area contributed by atoms with Crippen molar-refractivity contribution in [1.82, 2.24) is 0 Å². The first-order valence-corrected chi connectivity index (χ1v) is 11.0. The van der Waals surface area contributed by atoms with Gasteiger partial charge in [0.1, 0.15) is 0 Å². The second kappa shape index (κ2) is 5.27. The third kappa shape index (κ3) is 2.02. The summed E-state index contributed by atoms with van der Waals surface area (Å²) in [6.07, 6.45) is 0. The van der Waals surface area contributed by atoms with Gasteiger partial charge in [-0.3, -0.25) is 0 Å². The van der Waals surface area contributed by atoms with Crippen LogP contribution in [0.25, 0.3) is 38.6 Å². The standard InChI is InChI=1S/C20H10O2Se2/c21-19-11-5-1-3-7-15(11)23-17-10-18-14(9-13(17)19)20(22)12-6-2-4-8-16(12)24-18/h1-10H. The van der Waals surface area contributed by atoms with Crippen LogP contribution in [0.2, 0.25) is 0 Å². The van der Waals surface area contributed by atoms with E-state index in [9.17, 15) is 9.59 Å². The predicted molar refractivity (Wildman–Crippen MR) is 103 cm³/mol. The van der Waals surface area contributed by atoms with Crippen LogP contribution in [0.5, 0.6) is 0 Å². The molecule has 0 aliphatic heterocycles. The van der Waals surface area contributed by atoms with Crippen molar-refractivity contribution in [3.05, 3.63) is 81.1 Å². The Kier molecular flexibility index (Phi) is 3.16.